The Balaban J connectivity index is 1.64. The average Bonchev–Trinajstić information content (AvgIpc) is 3.32. The number of carbonyl (C=O) groups is 1. The van der Waals surface area contributed by atoms with Crippen molar-refractivity contribution in [2.45, 2.75) is 63.2 Å². The molecule has 3 unspecified atom stereocenters. The van der Waals surface area contributed by atoms with Gasteiger partial charge >= 0.3 is 0 Å². The van der Waals surface area contributed by atoms with Crippen LogP contribution in [0.5, 0.6) is 0 Å². The SMILES string of the molecule is O=C1CCC2=C3C=c4cccc(c4=CC13)C13CCC(CC1)C1=C3C3CCC21C3. The van der Waals surface area contributed by atoms with Crippen molar-refractivity contribution in [1.29, 1.82) is 0 Å². The first-order valence-electron chi connectivity index (χ1n) is 11.6. The van der Waals surface area contributed by atoms with Crippen molar-refractivity contribution >= 4 is 17.9 Å². The van der Waals surface area contributed by atoms with Gasteiger partial charge in [-0.3, -0.25) is 4.79 Å². The molecule has 0 amide bonds. The molecule has 10 rings (SSSR count). The third-order valence-electron chi connectivity index (χ3n) is 10.0. The van der Waals surface area contributed by atoms with Crippen LogP contribution in [0.1, 0.15) is 63.4 Å². The predicted octanol–water partition coefficient (Wildman–Crippen LogP) is 4.09. The first-order valence-corrected chi connectivity index (χ1v) is 11.6. The monoisotopic (exact) mass is 366 g/mol. The second kappa shape index (κ2) is 4.48. The van der Waals surface area contributed by atoms with E-state index in [1.807, 2.05) is 11.1 Å². The Labute approximate surface area is 165 Å². The van der Waals surface area contributed by atoms with E-state index in [9.17, 15) is 4.79 Å². The minimum absolute atomic E-state index is 0.0317. The van der Waals surface area contributed by atoms with E-state index in [1.54, 1.807) is 11.1 Å². The second-order valence-electron chi connectivity index (χ2n) is 10.7. The van der Waals surface area contributed by atoms with E-state index in [0.717, 1.165) is 24.7 Å². The zero-order valence-corrected chi connectivity index (χ0v) is 16.4. The van der Waals surface area contributed by atoms with Gasteiger partial charge in [0, 0.05) is 17.3 Å². The first kappa shape index (κ1) is 15.0. The molecule has 0 aliphatic heterocycles. The lowest BCUT2D eigenvalue weighted by Crippen LogP contribution is -2.50. The van der Waals surface area contributed by atoms with Gasteiger partial charge in [0.15, 0.2) is 0 Å². The summed E-state index contributed by atoms with van der Waals surface area (Å²) in [6.07, 6.45) is 16.2. The molecule has 3 atom stereocenters. The van der Waals surface area contributed by atoms with Crippen molar-refractivity contribution in [2.24, 2.45) is 23.2 Å². The fourth-order valence-electron chi connectivity index (χ4n) is 9.22. The van der Waals surface area contributed by atoms with Crippen LogP contribution < -0.4 is 10.4 Å². The number of allylic oxidation sites excluding steroid dienone is 4. The van der Waals surface area contributed by atoms with Gasteiger partial charge in [-0.15, -0.1) is 0 Å². The van der Waals surface area contributed by atoms with Crippen molar-refractivity contribution in [3.05, 3.63) is 56.5 Å². The van der Waals surface area contributed by atoms with E-state index in [1.165, 1.54) is 61.0 Å². The first-order chi connectivity index (χ1) is 13.7. The van der Waals surface area contributed by atoms with Crippen LogP contribution >= 0.6 is 0 Å². The summed E-state index contributed by atoms with van der Waals surface area (Å²) in [7, 11) is 0. The molecule has 0 aromatic heterocycles. The molecule has 1 nitrogen and oxygen atoms in total. The molecule has 9 aliphatic rings. The van der Waals surface area contributed by atoms with Crippen LogP contribution in [-0.4, -0.2) is 5.78 Å². The predicted molar refractivity (Wildman–Crippen MR) is 110 cm³/mol. The number of ketones is 1. The van der Waals surface area contributed by atoms with Crippen LogP contribution in [-0.2, 0) is 10.2 Å². The Morgan fingerprint density at radius 3 is 2.57 bits per heavy atom. The van der Waals surface area contributed by atoms with E-state index in [2.05, 4.69) is 30.4 Å². The van der Waals surface area contributed by atoms with Crippen LogP contribution in [0.3, 0.4) is 0 Å². The fourth-order valence-corrected chi connectivity index (χ4v) is 9.22. The van der Waals surface area contributed by atoms with Crippen molar-refractivity contribution in [3.8, 4) is 0 Å². The molecule has 0 N–H and O–H groups in total. The molecule has 2 saturated carbocycles. The van der Waals surface area contributed by atoms with Gasteiger partial charge in [0.2, 0.25) is 0 Å². The topological polar surface area (TPSA) is 17.1 Å². The van der Waals surface area contributed by atoms with E-state index >= 15 is 0 Å². The highest BCUT2D eigenvalue weighted by Crippen LogP contribution is 2.73. The summed E-state index contributed by atoms with van der Waals surface area (Å²) >= 11 is 0. The standard InChI is InChI=1S/C27H26O/c28-23-5-4-22-19-12-16-2-1-3-21(18(16)13-20(19)23)26-9-6-15(7-10-26)24-25(26)17-8-11-27(22,24)14-17/h1-3,12-13,15,17,20H,4-11,14H2. The minimum Gasteiger partial charge on any atom is -0.299 e. The van der Waals surface area contributed by atoms with Gasteiger partial charge in [0.25, 0.3) is 0 Å². The zero-order valence-electron chi connectivity index (χ0n) is 16.4. The van der Waals surface area contributed by atoms with Gasteiger partial charge in [0.1, 0.15) is 5.78 Å². The summed E-state index contributed by atoms with van der Waals surface area (Å²) in [6, 6.07) is 7.03. The van der Waals surface area contributed by atoms with Crippen molar-refractivity contribution in [1.82, 2.24) is 0 Å². The number of benzene rings is 1. The molecule has 1 aromatic carbocycles. The van der Waals surface area contributed by atoms with E-state index in [-0.39, 0.29) is 11.3 Å². The molecule has 0 heterocycles. The Hall–Kier alpha value is -1.89. The molecule has 28 heavy (non-hydrogen) atoms. The summed E-state index contributed by atoms with van der Waals surface area (Å²) in [5.41, 5.74) is 9.11. The third kappa shape index (κ3) is 1.39. The molecule has 1 aromatic rings. The van der Waals surface area contributed by atoms with Gasteiger partial charge in [-0.05, 0) is 84.8 Å². The number of hydrogen-bond acceptors (Lipinski definition) is 1. The average molecular weight is 367 g/mol. The minimum atomic E-state index is 0.0317. The van der Waals surface area contributed by atoms with Crippen LogP contribution in [0.15, 0.2) is 40.5 Å². The summed E-state index contributed by atoms with van der Waals surface area (Å²) < 4.78 is 0. The van der Waals surface area contributed by atoms with E-state index in [4.69, 9.17) is 0 Å². The molecular formula is C27H26O. The number of hydrogen-bond donors (Lipinski definition) is 0. The molecule has 9 aliphatic carbocycles. The quantitative estimate of drug-likeness (QED) is 0.632. The Morgan fingerprint density at radius 2 is 1.68 bits per heavy atom. The summed E-state index contributed by atoms with van der Waals surface area (Å²) in [4.78, 5) is 13.0. The molecule has 0 radical (unpaired) electrons. The number of carbonyl (C=O) groups excluding carboxylic acids is 1. The smallest absolute Gasteiger partial charge is 0.144 e. The van der Waals surface area contributed by atoms with Crippen molar-refractivity contribution in [3.63, 3.8) is 0 Å². The maximum Gasteiger partial charge on any atom is 0.144 e. The van der Waals surface area contributed by atoms with Gasteiger partial charge in [-0.2, -0.15) is 0 Å². The lowest BCUT2D eigenvalue weighted by Gasteiger charge is -2.55. The van der Waals surface area contributed by atoms with Gasteiger partial charge < -0.3 is 0 Å². The number of rotatable bonds is 0. The van der Waals surface area contributed by atoms with Crippen LogP contribution in [0, 0.1) is 23.2 Å². The van der Waals surface area contributed by atoms with Crippen LogP contribution in [0.4, 0.5) is 0 Å². The van der Waals surface area contributed by atoms with E-state index < -0.39 is 0 Å². The molecular weight excluding hydrogens is 340 g/mol. The Kier molecular flexibility index (Phi) is 2.40. The molecule has 2 spiro atoms. The van der Waals surface area contributed by atoms with Crippen molar-refractivity contribution < 1.29 is 4.79 Å². The normalized spacial score (nSPS) is 43.4. The lowest BCUT2D eigenvalue weighted by molar-refractivity contribution is -0.120. The summed E-state index contributed by atoms with van der Waals surface area (Å²) in [5.74, 6) is 2.14. The van der Waals surface area contributed by atoms with Gasteiger partial charge in [-0.25, -0.2) is 0 Å². The summed E-state index contributed by atoms with van der Waals surface area (Å²) in [5, 5.41) is 2.80. The van der Waals surface area contributed by atoms with Crippen LogP contribution in [0.2, 0.25) is 0 Å². The Morgan fingerprint density at radius 1 is 0.893 bits per heavy atom. The van der Waals surface area contributed by atoms with Gasteiger partial charge in [0.05, 0.1) is 5.92 Å². The highest BCUT2D eigenvalue weighted by Gasteiger charge is 2.63. The van der Waals surface area contributed by atoms with Crippen LogP contribution in [0.25, 0.3) is 12.2 Å². The largest absolute Gasteiger partial charge is 0.299 e. The van der Waals surface area contributed by atoms with Crippen molar-refractivity contribution in [2.75, 3.05) is 0 Å². The molecule has 12 bridgehead atoms. The summed E-state index contributed by atoms with van der Waals surface area (Å²) in [6.45, 7) is 0. The van der Waals surface area contributed by atoms with E-state index in [0.29, 0.717) is 11.2 Å². The zero-order chi connectivity index (χ0) is 18.3. The molecule has 0 saturated heterocycles. The maximum atomic E-state index is 13.0. The fraction of sp³-hybridized carbons (Fsp3) is 0.519. The highest BCUT2D eigenvalue weighted by atomic mass is 16.1. The maximum absolute atomic E-state index is 13.0. The number of Topliss-reactive ketones (excluding diaryl/α,β-unsaturated/α-hetero) is 1. The third-order valence-corrected chi connectivity index (χ3v) is 10.0. The number of fused-ring (bicyclic) bond motifs is 3. The van der Waals surface area contributed by atoms with Gasteiger partial charge in [-0.1, -0.05) is 47.1 Å². The lowest BCUT2D eigenvalue weighted by atomic mass is 9.49. The Bertz CT molecular complexity index is 1180. The molecule has 2 fully saturated rings. The molecule has 140 valence electrons. The second-order valence-corrected chi connectivity index (χ2v) is 10.7. The molecule has 1 heteroatoms. The highest BCUT2D eigenvalue weighted by molar-refractivity contribution is 5.95.